The normalized spacial score (nSPS) is 24.4. The summed E-state index contributed by atoms with van der Waals surface area (Å²) in [6.07, 6.45) is 1.62. The number of nitrogens with two attached hydrogens (primary N) is 1. The lowest BCUT2D eigenvalue weighted by Crippen LogP contribution is -2.43. The number of nitrogens with zero attached hydrogens (tertiary/aromatic N) is 2. The smallest absolute Gasteiger partial charge is 0.319 e. The molecular formula is C25H31N5O2. The zero-order valence-corrected chi connectivity index (χ0v) is 18.8. The van der Waals surface area contributed by atoms with Crippen molar-refractivity contribution in [2.45, 2.75) is 57.7 Å². The molecule has 1 unspecified atom stereocenters. The molecule has 0 spiro atoms. The number of nitrogens with one attached hydrogen (secondary N) is 2. The molecule has 3 atom stereocenters. The second-order valence-corrected chi connectivity index (χ2v) is 9.39. The van der Waals surface area contributed by atoms with Gasteiger partial charge in [0.25, 0.3) is 5.91 Å². The van der Waals surface area contributed by atoms with E-state index in [9.17, 15) is 9.59 Å². The van der Waals surface area contributed by atoms with E-state index in [4.69, 9.17) is 5.73 Å². The van der Waals surface area contributed by atoms with Crippen molar-refractivity contribution < 1.29 is 9.59 Å². The summed E-state index contributed by atoms with van der Waals surface area (Å²) < 4.78 is 0. The average Bonchev–Trinajstić information content (AvgIpc) is 3.47. The molecule has 3 amide bonds. The molecule has 0 aromatic heterocycles. The SMILES string of the molecule is CC(C)CC1(C)N=C(N)N(Cc2ccc(NC(=O)N[C@@H]3C[C@H]3c3ccccc3)cc2)C1=O. The third-order valence-corrected chi connectivity index (χ3v) is 6.04. The summed E-state index contributed by atoms with van der Waals surface area (Å²) in [6, 6.07) is 17.6. The average molecular weight is 434 g/mol. The van der Waals surface area contributed by atoms with Crippen molar-refractivity contribution in [3.63, 3.8) is 0 Å². The Morgan fingerprint density at radius 3 is 2.53 bits per heavy atom. The van der Waals surface area contributed by atoms with Gasteiger partial charge in [-0.2, -0.15) is 0 Å². The third kappa shape index (κ3) is 4.77. The molecule has 4 rings (SSSR count). The number of urea groups is 1. The first-order valence-corrected chi connectivity index (χ1v) is 11.1. The zero-order valence-electron chi connectivity index (χ0n) is 18.8. The number of benzene rings is 2. The van der Waals surface area contributed by atoms with Gasteiger partial charge < -0.3 is 16.4 Å². The molecular weight excluding hydrogens is 402 g/mol. The van der Waals surface area contributed by atoms with Crippen LogP contribution in [0, 0.1) is 5.92 Å². The number of amides is 3. The first-order chi connectivity index (χ1) is 15.2. The fourth-order valence-electron chi connectivity index (χ4n) is 4.47. The quantitative estimate of drug-likeness (QED) is 0.619. The summed E-state index contributed by atoms with van der Waals surface area (Å²) in [4.78, 5) is 31.2. The molecule has 7 heteroatoms. The van der Waals surface area contributed by atoms with Crippen molar-refractivity contribution in [1.29, 1.82) is 0 Å². The molecule has 1 fully saturated rings. The van der Waals surface area contributed by atoms with Crippen LogP contribution in [0.2, 0.25) is 0 Å². The highest BCUT2D eigenvalue weighted by atomic mass is 16.2. The van der Waals surface area contributed by atoms with E-state index in [1.165, 1.54) is 10.5 Å². The van der Waals surface area contributed by atoms with E-state index < -0.39 is 5.54 Å². The highest BCUT2D eigenvalue weighted by Gasteiger charge is 2.44. The van der Waals surface area contributed by atoms with Crippen LogP contribution in [-0.4, -0.2) is 34.4 Å². The first kappa shape index (κ1) is 21.9. The van der Waals surface area contributed by atoms with E-state index in [2.05, 4.69) is 41.6 Å². The summed E-state index contributed by atoms with van der Waals surface area (Å²) in [5, 5.41) is 5.90. The van der Waals surface area contributed by atoms with Crippen molar-refractivity contribution >= 4 is 23.6 Å². The maximum atomic E-state index is 12.9. The molecule has 168 valence electrons. The van der Waals surface area contributed by atoms with Crippen LogP contribution in [0.1, 0.15) is 50.7 Å². The zero-order chi connectivity index (χ0) is 22.9. The van der Waals surface area contributed by atoms with E-state index in [0.717, 1.165) is 12.0 Å². The van der Waals surface area contributed by atoms with Crippen LogP contribution in [0.3, 0.4) is 0 Å². The minimum atomic E-state index is -0.793. The van der Waals surface area contributed by atoms with Gasteiger partial charge in [0, 0.05) is 17.6 Å². The number of hydrogen-bond acceptors (Lipinski definition) is 4. The minimum absolute atomic E-state index is 0.0670. The predicted octanol–water partition coefficient (Wildman–Crippen LogP) is 3.83. The summed E-state index contributed by atoms with van der Waals surface area (Å²) in [6.45, 7) is 6.34. The molecule has 32 heavy (non-hydrogen) atoms. The second-order valence-electron chi connectivity index (χ2n) is 9.39. The van der Waals surface area contributed by atoms with Gasteiger partial charge in [0.15, 0.2) is 5.96 Å². The van der Waals surface area contributed by atoms with Gasteiger partial charge in [0.1, 0.15) is 5.54 Å². The molecule has 2 aromatic carbocycles. The predicted molar refractivity (Wildman–Crippen MR) is 126 cm³/mol. The van der Waals surface area contributed by atoms with Crippen molar-refractivity contribution in [1.82, 2.24) is 10.2 Å². The lowest BCUT2D eigenvalue weighted by Gasteiger charge is -2.23. The number of rotatable bonds is 7. The summed E-state index contributed by atoms with van der Waals surface area (Å²) in [5.41, 5.74) is 8.14. The van der Waals surface area contributed by atoms with Crippen LogP contribution in [0.15, 0.2) is 59.6 Å². The minimum Gasteiger partial charge on any atom is -0.369 e. The van der Waals surface area contributed by atoms with Gasteiger partial charge in [0.2, 0.25) is 0 Å². The number of anilines is 1. The lowest BCUT2D eigenvalue weighted by atomic mass is 9.91. The Bertz CT molecular complexity index is 1020. The van der Waals surface area contributed by atoms with Crippen LogP contribution >= 0.6 is 0 Å². The van der Waals surface area contributed by atoms with Gasteiger partial charge in [-0.25, -0.2) is 9.79 Å². The molecule has 1 heterocycles. The van der Waals surface area contributed by atoms with E-state index >= 15 is 0 Å². The van der Waals surface area contributed by atoms with Crippen molar-refractivity contribution in [2.24, 2.45) is 16.6 Å². The highest BCUT2D eigenvalue weighted by Crippen LogP contribution is 2.40. The fraction of sp³-hybridized carbons (Fsp3) is 0.400. The number of aliphatic imine (C=N–C) groups is 1. The van der Waals surface area contributed by atoms with Crippen LogP contribution in [0.4, 0.5) is 10.5 Å². The van der Waals surface area contributed by atoms with E-state index in [0.29, 0.717) is 30.5 Å². The highest BCUT2D eigenvalue weighted by molar-refractivity contribution is 6.06. The maximum Gasteiger partial charge on any atom is 0.319 e. The van der Waals surface area contributed by atoms with Gasteiger partial charge in [0.05, 0.1) is 6.54 Å². The molecule has 1 aliphatic carbocycles. The van der Waals surface area contributed by atoms with Crippen LogP contribution in [-0.2, 0) is 11.3 Å². The van der Waals surface area contributed by atoms with Crippen molar-refractivity contribution in [3.8, 4) is 0 Å². The Hall–Kier alpha value is -3.35. The first-order valence-electron chi connectivity index (χ1n) is 11.1. The molecule has 1 saturated carbocycles. The Labute approximate surface area is 189 Å². The number of hydrogen-bond donors (Lipinski definition) is 3. The summed E-state index contributed by atoms with van der Waals surface area (Å²) in [7, 11) is 0. The molecule has 1 aliphatic heterocycles. The topological polar surface area (TPSA) is 99.8 Å². The second kappa shape index (κ2) is 8.65. The molecule has 2 aliphatic rings. The summed E-state index contributed by atoms with van der Waals surface area (Å²) >= 11 is 0. The van der Waals surface area contributed by atoms with Crippen LogP contribution in [0.5, 0.6) is 0 Å². The fourth-order valence-corrected chi connectivity index (χ4v) is 4.47. The lowest BCUT2D eigenvalue weighted by molar-refractivity contribution is -0.131. The Kier molecular flexibility index (Phi) is 5.91. The van der Waals surface area contributed by atoms with Gasteiger partial charge >= 0.3 is 6.03 Å². The van der Waals surface area contributed by atoms with Gasteiger partial charge in [-0.1, -0.05) is 56.3 Å². The molecule has 4 N–H and O–H groups in total. The molecule has 0 radical (unpaired) electrons. The summed E-state index contributed by atoms with van der Waals surface area (Å²) in [5.74, 6) is 0.922. The van der Waals surface area contributed by atoms with E-state index in [-0.39, 0.29) is 23.9 Å². The van der Waals surface area contributed by atoms with Gasteiger partial charge in [-0.3, -0.25) is 9.69 Å². The number of carbonyl (C=O) groups is 2. The Balaban J connectivity index is 1.30. The number of carbonyl (C=O) groups excluding carboxylic acids is 2. The van der Waals surface area contributed by atoms with Gasteiger partial charge in [-0.15, -0.1) is 0 Å². The van der Waals surface area contributed by atoms with Crippen molar-refractivity contribution in [2.75, 3.05) is 5.32 Å². The standard InChI is InChI=1S/C25H31N5O2/c1-16(2)14-25(3)22(31)30(23(26)29-25)15-17-9-11-19(12-10-17)27-24(32)28-21-13-20(21)18-7-5-4-6-8-18/h4-12,16,20-21H,13-15H2,1-3H3,(H2,26,29)(H2,27,28,32)/t20-,21+,25?/m0/s1. The van der Waals surface area contributed by atoms with Crippen molar-refractivity contribution in [3.05, 3.63) is 65.7 Å². The molecule has 7 nitrogen and oxygen atoms in total. The van der Waals surface area contributed by atoms with Crippen LogP contribution in [0.25, 0.3) is 0 Å². The maximum absolute atomic E-state index is 12.9. The Morgan fingerprint density at radius 2 is 1.88 bits per heavy atom. The molecule has 2 aromatic rings. The largest absolute Gasteiger partial charge is 0.369 e. The van der Waals surface area contributed by atoms with Gasteiger partial charge in [-0.05, 0) is 48.9 Å². The van der Waals surface area contributed by atoms with E-state index in [1.54, 1.807) is 0 Å². The van der Waals surface area contributed by atoms with E-state index in [1.807, 2.05) is 49.4 Å². The van der Waals surface area contributed by atoms with Crippen LogP contribution < -0.4 is 16.4 Å². The monoisotopic (exact) mass is 433 g/mol. The molecule has 0 bridgehead atoms. The molecule has 0 saturated heterocycles. The third-order valence-electron chi connectivity index (χ3n) is 6.04. The Morgan fingerprint density at radius 1 is 1.19 bits per heavy atom. The number of guanidine groups is 1.